The lowest BCUT2D eigenvalue weighted by molar-refractivity contribution is -0.122. The van der Waals surface area contributed by atoms with E-state index in [0.29, 0.717) is 10.1 Å². The zero-order valence-electron chi connectivity index (χ0n) is 17.4. The van der Waals surface area contributed by atoms with E-state index >= 15 is 0 Å². The van der Waals surface area contributed by atoms with Crippen molar-refractivity contribution in [1.82, 2.24) is 4.90 Å². The fraction of sp³-hybridized carbons (Fsp3) is 0.273. The van der Waals surface area contributed by atoms with E-state index in [0.717, 1.165) is 16.2 Å². The highest BCUT2D eigenvalue weighted by Gasteiger charge is 2.51. The Kier molecular flexibility index (Phi) is 6.52. The number of carbonyl (C=O) groups excluding carboxylic acids is 3. The summed E-state index contributed by atoms with van der Waals surface area (Å²) >= 11 is 2.81. The molecule has 1 saturated heterocycles. The lowest BCUT2D eigenvalue weighted by Gasteiger charge is -2.39. The number of halogens is 1. The summed E-state index contributed by atoms with van der Waals surface area (Å²) in [4.78, 5) is 46.3. The number of anilines is 2. The maximum Gasteiger partial charge on any atom is 0.333 e. The van der Waals surface area contributed by atoms with Gasteiger partial charge in [-0.25, -0.2) is 19.1 Å². The predicted octanol–water partition coefficient (Wildman–Crippen LogP) is 4.09. The standard InChI is InChI=1S/C22H21FN4O3S2/c1-3-31-21-25-19-18(32-21)20(29)27(16-9-7-13(2)8-10-16)22(30)26(19)12-17(28)24-15-6-4-5-14(23)11-15/h4-11,18-19H,3,12H2,1-2H3,(H,24,28). The van der Waals surface area contributed by atoms with Crippen LogP contribution in [0.25, 0.3) is 0 Å². The first-order valence-corrected chi connectivity index (χ1v) is 11.9. The Bertz CT molecular complexity index is 1090. The van der Waals surface area contributed by atoms with Gasteiger partial charge in [0.25, 0.3) is 5.91 Å². The second-order valence-corrected chi connectivity index (χ2v) is 9.90. The van der Waals surface area contributed by atoms with Gasteiger partial charge in [0.05, 0.1) is 5.69 Å². The number of carbonyl (C=O) groups is 3. The van der Waals surface area contributed by atoms with Crippen LogP contribution in [0.2, 0.25) is 0 Å². The van der Waals surface area contributed by atoms with Crippen molar-refractivity contribution in [3.05, 3.63) is 59.9 Å². The Morgan fingerprint density at radius 2 is 1.97 bits per heavy atom. The van der Waals surface area contributed by atoms with Crippen LogP contribution in [-0.2, 0) is 9.59 Å². The smallest absolute Gasteiger partial charge is 0.324 e. The van der Waals surface area contributed by atoms with E-state index in [4.69, 9.17) is 0 Å². The number of rotatable bonds is 5. The van der Waals surface area contributed by atoms with E-state index in [2.05, 4.69) is 10.3 Å². The number of hydrogen-bond acceptors (Lipinski definition) is 6. The Labute approximate surface area is 193 Å². The molecule has 2 aliphatic rings. The highest BCUT2D eigenvalue weighted by molar-refractivity contribution is 8.39. The molecule has 0 bridgehead atoms. The zero-order valence-corrected chi connectivity index (χ0v) is 19.1. The van der Waals surface area contributed by atoms with Crippen molar-refractivity contribution in [2.45, 2.75) is 25.3 Å². The molecule has 1 fully saturated rings. The monoisotopic (exact) mass is 472 g/mol. The van der Waals surface area contributed by atoms with E-state index in [1.165, 1.54) is 46.6 Å². The summed E-state index contributed by atoms with van der Waals surface area (Å²) in [5.74, 6) is -0.565. The molecule has 32 heavy (non-hydrogen) atoms. The van der Waals surface area contributed by atoms with Crippen molar-refractivity contribution in [2.75, 3.05) is 22.5 Å². The van der Waals surface area contributed by atoms with Crippen LogP contribution in [-0.4, -0.2) is 50.8 Å². The first-order valence-electron chi connectivity index (χ1n) is 10.0. The van der Waals surface area contributed by atoms with Crippen LogP contribution in [0, 0.1) is 12.7 Å². The Balaban J connectivity index is 1.62. The van der Waals surface area contributed by atoms with Gasteiger partial charge < -0.3 is 5.32 Å². The fourth-order valence-electron chi connectivity index (χ4n) is 3.46. The fourth-order valence-corrected chi connectivity index (χ4v) is 5.75. The van der Waals surface area contributed by atoms with Crippen molar-refractivity contribution >= 4 is 57.1 Å². The number of nitrogens with one attached hydrogen (secondary N) is 1. The Morgan fingerprint density at radius 1 is 1.22 bits per heavy atom. The molecule has 2 heterocycles. The van der Waals surface area contributed by atoms with Gasteiger partial charge in [-0.3, -0.25) is 14.5 Å². The minimum Gasteiger partial charge on any atom is -0.324 e. The SMILES string of the molecule is CCSC1=NC2C(S1)C(=O)N(c1ccc(C)cc1)C(=O)N2CC(=O)Nc1cccc(F)c1. The molecule has 1 N–H and O–H groups in total. The zero-order chi connectivity index (χ0) is 22.8. The third-order valence-corrected chi connectivity index (χ3v) is 7.23. The minimum atomic E-state index is -0.769. The van der Waals surface area contributed by atoms with Crippen LogP contribution < -0.4 is 10.2 Å². The molecule has 4 rings (SSSR count). The number of aryl methyl sites for hydroxylation is 1. The van der Waals surface area contributed by atoms with E-state index in [1.807, 2.05) is 26.0 Å². The van der Waals surface area contributed by atoms with Crippen LogP contribution in [0.15, 0.2) is 53.5 Å². The first-order chi connectivity index (χ1) is 15.4. The predicted molar refractivity (Wildman–Crippen MR) is 127 cm³/mol. The summed E-state index contributed by atoms with van der Waals surface area (Å²) in [5, 5.41) is 1.97. The van der Waals surface area contributed by atoms with Crippen LogP contribution >= 0.6 is 23.5 Å². The third-order valence-electron chi connectivity index (χ3n) is 4.94. The molecule has 0 aliphatic carbocycles. The molecule has 0 radical (unpaired) electrons. The summed E-state index contributed by atoms with van der Waals surface area (Å²) in [7, 11) is 0. The first kappa shape index (κ1) is 22.3. The van der Waals surface area contributed by atoms with Crippen LogP contribution in [0.1, 0.15) is 12.5 Å². The van der Waals surface area contributed by atoms with E-state index < -0.39 is 29.2 Å². The molecule has 0 saturated carbocycles. The molecule has 2 aromatic carbocycles. The maximum absolute atomic E-state index is 13.5. The third kappa shape index (κ3) is 4.51. The van der Waals surface area contributed by atoms with E-state index in [9.17, 15) is 18.8 Å². The molecule has 2 atom stereocenters. The second kappa shape index (κ2) is 9.33. The molecular formula is C22H21FN4O3S2. The summed E-state index contributed by atoms with van der Waals surface area (Å²) in [6.07, 6.45) is -0.769. The molecule has 0 spiro atoms. The lowest BCUT2D eigenvalue weighted by Crippen LogP contribution is -2.63. The normalized spacial score (nSPS) is 20.3. The molecule has 2 aromatic rings. The van der Waals surface area contributed by atoms with Crippen molar-refractivity contribution < 1.29 is 18.8 Å². The molecule has 10 heteroatoms. The van der Waals surface area contributed by atoms with E-state index in [1.54, 1.807) is 18.2 Å². The summed E-state index contributed by atoms with van der Waals surface area (Å²) < 4.78 is 14.2. The van der Waals surface area contributed by atoms with Crippen LogP contribution in [0.3, 0.4) is 0 Å². The van der Waals surface area contributed by atoms with Gasteiger partial charge in [-0.15, -0.1) is 11.8 Å². The maximum atomic E-state index is 13.5. The second-order valence-electron chi connectivity index (χ2n) is 7.26. The summed E-state index contributed by atoms with van der Waals surface area (Å²) in [6.45, 7) is 3.57. The largest absolute Gasteiger partial charge is 0.333 e. The van der Waals surface area contributed by atoms with Gasteiger partial charge in [-0.05, 0) is 43.0 Å². The van der Waals surface area contributed by atoms with Gasteiger partial charge in [0.15, 0.2) is 0 Å². The average molecular weight is 473 g/mol. The van der Waals surface area contributed by atoms with Gasteiger partial charge in [-0.2, -0.15) is 0 Å². The Morgan fingerprint density at radius 3 is 2.66 bits per heavy atom. The van der Waals surface area contributed by atoms with Crippen molar-refractivity contribution in [3.8, 4) is 0 Å². The quantitative estimate of drug-likeness (QED) is 0.709. The van der Waals surface area contributed by atoms with Gasteiger partial charge >= 0.3 is 6.03 Å². The number of nitrogens with zero attached hydrogens (tertiary/aromatic N) is 3. The molecule has 166 valence electrons. The van der Waals surface area contributed by atoms with Gasteiger partial charge in [-0.1, -0.05) is 42.4 Å². The topological polar surface area (TPSA) is 82.1 Å². The number of hydrogen-bond donors (Lipinski definition) is 1. The van der Waals surface area contributed by atoms with Crippen molar-refractivity contribution in [2.24, 2.45) is 4.99 Å². The molecule has 4 amide bonds. The highest BCUT2D eigenvalue weighted by atomic mass is 32.2. The number of thioether (sulfide) groups is 2. The van der Waals surface area contributed by atoms with Gasteiger partial charge in [0, 0.05) is 5.69 Å². The molecular weight excluding hydrogens is 451 g/mol. The van der Waals surface area contributed by atoms with Crippen molar-refractivity contribution in [3.63, 3.8) is 0 Å². The van der Waals surface area contributed by atoms with Crippen LogP contribution in [0.5, 0.6) is 0 Å². The molecule has 7 nitrogen and oxygen atoms in total. The number of amides is 4. The lowest BCUT2D eigenvalue weighted by atomic mass is 10.1. The minimum absolute atomic E-state index is 0.286. The summed E-state index contributed by atoms with van der Waals surface area (Å²) in [6, 6.07) is 12.0. The molecule has 0 aromatic heterocycles. The molecule has 2 unspecified atom stereocenters. The number of imide groups is 1. The van der Waals surface area contributed by atoms with Gasteiger partial charge in [0.2, 0.25) is 5.91 Å². The van der Waals surface area contributed by atoms with Gasteiger partial charge in [0.1, 0.15) is 28.2 Å². The van der Waals surface area contributed by atoms with Crippen LogP contribution in [0.4, 0.5) is 20.6 Å². The van der Waals surface area contributed by atoms with E-state index in [-0.39, 0.29) is 18.1 Å². The Hall–Kier alpha value is -2.85. The van der Waals surface area contributed by atoms with Crippen molar-refractivity contribution in [1.29, 1.82) is 0 Å². The number of benzene rings is 2. The number of aliphatic imine (C=N–C) groups is 1. The number of fused-ring (bicyclic) bond motifs is 1. The average Bonchev–Trinajstić information content (AvgIpc) is 3.17. The highest BCUT2D eigenvalue weighted by Crippen LogP contribution is 2.39. The molecule has 2 aliphatic heterocycles. The number of urea groups is 1. The summed E-state index contributed by atoms with van der Waals surface area (Å²) in [5.41, 5.74) is 1.72.